The number of esters is 2. The van der Waals surface area contributed by atoms with E-state index >= 15 is 0 Å². The summed E-state index contributed by atoms with van der Waals surface area (Å²) >= 11 is 0. The molecular weight excluding hydrogens is 815 g/mol. The van der Waals surface area contributed by atoms with E-state index < -0.39 is 24.3 Å². The highest BCUT2D eigenvalue weighted by Crippen LogP contribution is 2.14. The number of unbranched alkanes of at least 4 members (excludes halogenated alkanes) is 14. The van der Waals surface area contributed by atoms with Crippen LogP contribution in [0, 0.1) is 0 Å². The lowest BCUT2D eigenvalue weighted by Gasteiger charge is -2.25. The van der Waals surface area contributed by atoms with Gasteiger partial charge < -0.3 is 28.5 Å². The first-order valence-electron chi connectivity index (χ1n) is 25.4. The fourth-order valence-electron chi connectivity index (χ4n) is 6.46. The number of carbonyl (C=O) groups excluding carboxylic acids is 2. The van der Waals surface area contributed by atoms with E-state index in [0.29, 0.717) is 17.4 Å². The standard InChI is InChI=1S/C56H93NO8/c1-6-8-10-12-14-16-18-20-22-24-25-26-27-28-29-31-33-35-37-39-41-43-45-47-54(59)65-52(51-64-56(55(60)61)62-49-48-57(3,4)5)50-63-53(58)46-44-42-40-38-36-34-32-30-23-21-19-17-15-13-11-9-7-2/h8-11,14-17,20-23,25-26,28-29,52,56H,6-7,12-13,18-19,24,27,30-51H2,1-5H3/p+1/b10-8-,11-9-,16-14-,17-15-,22-20-,23-21-,26-25-,29-28-. The third-order valence-electron chi connectivity index (χ3n) is 10.3. The van der Waals surface area contributed by atoms with E-state index in [-0.39, 0.29) is 38.6 Å². The molecule has 0 radical (unpaired) electrons. The average molecular weight is 909 g/mol. The maximum atomic E-state index is 12.8. The highest BCUT2D eigenvalue weighted by molar-refractivity contribution is 5.71. The van der Waals surface area contributed by atoms with Crippen molar-refractivity contribution in [3.8, 4) is 0 Å². The van der Waals surface area contributed by atoms with E-state index in [2.05, 4.69) is 111 Å². The largest absolute Gasteiger partial charge is 0.477 e. The van der Waals surface area contributed by atoms with Gasteiger partial charge in [-0.15, -0.1) is 0 Å². The van der Waals surface area contributed by atoms with Crippen molar-refractivity contribution in [2.45, 2.75) is 193 Å². The van der Waals surface area contributed by atoms with Gasteiger partial charge in [-0.3, -0.25) is 9.59 Å². The molecule has 0 aliphatic rings. The van der Waals surface area contributed by atoms with Crippen LogP contribution in [0.3, 0.4) is 0 Å². The Morgan fingerprint density at radius 2 is 0.831 bits per heavy atom. The number of nitrogens with zero attached hydrogens (tertiary/aromatic N) is 1. The second-order valence-electron chi connectivity index (χ2n) is 17.7. The van der Waals surface area contributed by atoms with Crippen molar-refractivity contribution in [1.29, 1.82) is 0 Å². The Labute approximate surface area is 397 Å². The molecule has 9 nitrogen and oxygen atoms in total. The minimum atomic E-state index is -1.52. The zero-order valence-corrected chi connectivity index (χ0v) is 41.9. The third-order valence-corrected chi connectivity index (χ3v) is 10.3. The van der Waals surface area contributed by atoms with Gasteiger partial charge in [-0.2, -0.15) is 0 Å². The minimum Gasteiger partial charge on any atom is -0.477 e. The summed E-state index contributed by atoms with van der Waals surface area (Å²) in [5, 5.41) is 9.67. The third kappa shape index (κ3) is 48.0. The normalized spacial score (nSPS) is 13.7. The first-order valence-corrected chi connectivity index (χ1v) is 25.4. The molecule has 0 aromatic heterocycles. The van der Waals surface area contributed by atoms with Gasteiger partial charge in [0.05, 0.1) is 34.4 Å². The molecule has 0 bridgehead atoms. The van der Waals surface area contributed by atoms with Crippen LogP contribution in [0.1, 0.15) is 181 Å². The average Bonchev–Trinajstić information content (AvgIpc) is 3.27. The van der Waals surface area contributed by atoms with Crippen LogP contribution in [0.25, 0.3) is 0 Å². The van der Waals surface area contributed by atoms with Crippen LogP contribution in [0.4, 0.5) is 0 Å². The molecule has 370 valence electrons. The van der Waals surface area contributed by atoms with Crippen molar-refractivity contribution in [2.24, 2.45) is 0 Å². The van der Waals surface area contributed by atoms with Crippen LogP contribution in [0.5, 0.6) is 0 Å². The Hall–Kier alpha value is -3.79. The van der Waals surface area contributed by atoms with Gasteiger partial charge in [-0.1, -0.05) is 175 Å². The first-order chi connectivity index (χ1) is 31.6. The van der Waals surface area contributed by atoms with Crippen LogP contribution in [0.2, 0.25) is 0 Å². The number of carboxylic acids is 1. The molecule has 9 heteroatoms. The van der Waals surface area contributed by atoms with E-state index in [0.717, 1.165) is 109 Å². The second kappa shape index (κ2) is 46.7. The first kappa shape index (κ1) is 61.2. The molecule has 0 heterocycles. The molecule has 0 aromatic rings. The molecule has 1 N–H and O–H groups in total. The van der Waals surface area contributed by atoms with E-state index in [4.69, 9.17) is 18.9 Å². The molecule has 2 unspecified atom stereocenters. The van der Waals surface area contributed by atoms with E-state index in [1.807, 2.05) is 21.1 Å². The molecule has 0 amide bonds. The number of hydrogen-bond donors (Lipinski definition) is 1. The lowest BCUT2D eigenvalue weighted by molar-refractivity contribution is -0.870. The van der Waals surface area contributed by atoms with E-state index in [9.17, 15) is 19.5 Å². The Balaban J connectivity index is 4.40. The zero-order chi connectivity index (χ0) is 47.7. The summed E-state index contributed by atoms with van der Waals surface area (Å²) in [5.74, 6) is -2.05. The fourth-order valence-corrected chi connectivity index (χ4v) is 6.46. The highest BCUT2D eigenvalue weighted by Gasteiger charge is 2.25. The smallest absolute Gasteiger partial charge is 0.361 e. The number of rotatable bonds is 45. The Kier molecular flexibility index (Phi) is 44.0. The van der Waals surface area contributed by atoms with Gasteiger partial charge >= 0.3 is 17.9 Å². The molecule has 0 aliphatic heterocycles. The summed E-state index contributed by atoms with van der Waals surface area (Å²) in [7, 11) is 5.94. The minimum absolute atomic E-state index is 0.178. The number of carbonyl (C=O) groups is 3. The van der Waals surface area contributed by atoms with Gasteiger partial charge in [0.25, 0.3) is 6.29 Å². The van der Waals surface area contributed by atoms with Crippen molar-refractivity contribution in [3.63, 3.8) is 0 Å². The molecule has 0 aromatic carbocycles. The zero-order valence-electron chi connectivity index (χ0n) is 41.9. The summed E-state index contributed by atoms with van der Waals surface area (Å²) in [6.45, 7) is 4.61. The predicted molar refractivity (Wildman–Crippen MR) is 272 cm³/mol. The number of carboxylic acid groups (broad SMARTS) is 1. The molecule has 0 spiro atoms. The molecule has 2 atom stereocenters. The van der Waals surface area contributed by atoms with Crippen LogP contribution in [-0.4, -0.2) is 87.4 Å². The summed E-state index contributed by atoms with van der Waals surface area (Å²) in [6, 6.07) is 0. The van der Waals surface area contributed by atoms with Crippen molar-refractivity contribution >= 4 is 17.9 Å². The molecule has 0 aliphatic carbocycles. The van der Waals surface area contributed by atoms with Gasteiger partial charge in [-0.05, 0) is 89.9 Å². The summed E-state index contributed by atoms with van der Waals surface area (Å²) in [5.41, 5.74) is 0. The molecule has 0 rings (SSSR count). The number of aliphatic carboxylic acids is 1. The SMILES string of the molecule is CC/C=C\C/C=C\C/C=C\C/C=C\C/C=C\CCCCCCCCCC(=O)OC(COC(=O)CCCCCCCCC/C=C\C/C=C\C/C=C\CC)COC(OCC[N+](C)(C)C)C(=O)O. The van der Waals surface area contributed by atoms with Crippen LogP contribution < -0.4 is 0 Å². The number of ether oxygens (including phenoxy) is 4. The van der Waals surface area contributed by atoms with Gasteiger partial charge in [0.15, 0.2) is 6.10 Å². The van der Waals surface area contributed by atoms with Crippen molar-refractivity contribution < 1.29 is 42.9 Å². The van der Waals surface area contributed by atoms with E-state index in [1.54, 1.807) is 0 Å². The van der Waals surface area contributed by atoms with Crippen LogP contribution >= 0.6 is 0 Å². The molecule has 0 saturated heterocycles. The van der Waals surface area contributed by atoms with Crippen LogP contribution in [0.15, 0.2) is 97.2 Å². The van der Waals surface area contributed by atoms with Gasteiger partial charge in [0, 0.05) is 12.8 Å². The van der Waals surface area contributed by atoms with Gasteiger partial charge in [0.2, 0.25) is 0 Å². The highest BCUT2D eigenvalue weighted by atomic mass is 16.7. The Bertz CT molecular complexity index is 1380. The lowest BCUT2D eigenvalue weighted by atomic mass is 10.1. The van der Waals surface area contributed by atoms with Crippen LogP contribution in [-0.2, 0) is 33.3 Å². The molecular formula is C56H94NO8+. The summed E-state index contributed by atoms with van der Waals surface area (Å²) < 4.78 is 22.8. The quantitative estimate of drug-likeness (QED) is 0.0212. The van der Waals surface area contributed by atoms with Gasteiger partial charge in [0.1, 0.15) is 13.2 Å². The molecule has 65 heavy (non-hydrogen) atoms. The maximum Gasteiger partial charge on any atom is 0.361 e. The van der Waals surface area contributed by atoms with Crippen molar-refractivity contribution in [2.75, 3.05) is 47.5 Å². The maximum absolute atomic E-state index is 12.8. The monoisotopic (exact) mass is 909 g/mol. The number of hydrogen-bond acceptors (Lipinski definition) is 7. The van der Waals surface area contributed by atoms with E-state index in [1.165, 1.54) is 38.5 Å². The van der Waals surface area contributed by atoms with Crippen molar-refractivity contribution in [1.82, 2.24) is 0 Å². The summed E-state index contributed by atoms with van der Waals surface area (Å²) in [4.78, 5) is 37.3. The van der Waals surface area contributed by atoms with Crippen molar-refractivity contribution in [3.05, 3.63) is 97.2 Å². The predicted octanol–water partition coefficient (Wildman–Crippen LogP) is 14.2. The number of allylic oxidation sites excluding steroid dienone is 16. The lowest BCUT2D eigenvalue weighted by Crippen LogP contribution is -2.40. The second-order valence-corrected chi connectivity index (χ2v) is 17.7. The Morgan fingerprint density at radius 1 is 0.462 bits per heavy atom. The number of likely N-dealkylation sites (N-methyl/N-ethyl adjacent to an activating group) is 1. The fraction of sp³-hybridized carbons (Fsp3) is 0.661. The molecule has 0 fully saturated rings. The topological polar surface area (TPSA) is 108 Å². The number of quaternary nitrogens is 1. The summed E-state index contributed by atoms with van der Waals surface area (Å²) in [6.07, 6.45) is 58.9. The molecule has 0 saturated carbocycles. The Morgan fingerprint density at radius 3 is 1.23 bits per heavy atom. The van der Waals surface area contributed by atoms with Gasteiger partial charge in [-0.25, -0.2) is 4.79 Å².